The van der Waals surface area contributed by atoms with Crippen molar-refractivity contribution >= 4 is 12.0 Å². The fourth-order valence-corrected chi connectivity index (χ4v) is 1.17. The van der Waals surface area contributed by atoms with E-state index in [0.29, 0.717) is 5.56 Å². The molecule has 1 rings (SSSR count). The molecule has 2 N–H and O–H groups in total. The van der Waals surface area contributed by atoms with Gasteiger partial charge in [0.2, 0.25) is 5.56 Å². The maximum absolute atomic E-state index is 11.6. The van der Waals surface area contributed by atoms with Crippen molar-refractivity contribution in [3.05, 3.63) is 39.8 Å². The summed E-state index contributed by atoms with van der Waals surface area (Å²) in [6, 6.07) is 4.67. The Kier molecular flexibility index (Phi) is 4.23. The van der Waals surface area contributed by atoms with E-state index in [1.54, 1.807) is 6.07 Å². The van der Waals surface area contributed by atoms with Gasteiger partial charge in [-0.25, -0.2) is 0 Å². The summed E-state index contributed by atoms with van der Waals surface area (Å²) in [5.74, 6) is -0.423. The van der Waals surface area contributed by atoms with Crippen LogP contribution in [0.1, 0.15) is 19.4 Å². The average molecular weight is 231 g/mol. The summed E-state index contributed by atoms with van der Waals surface area (Å²) in [5.41, 5.74) is 0.373. The maximum Gasteiger partial charge on any atom is 0.262 e. The van der Waals surface area contributed by atoms with E-state index in [9.17, 15) is 9.59 Å². The third-order valence-electron chi connectivity index (χ3n) is 1.90. The summed E-state index contributed by atoms with van der Waals surface area (Å²) in [5, 5.41) is 11.5. The van der Waals surface area contributed by atoms with Gasteiger partial charge in [0.05, 0.1) is 0 Å². The molecule has 1 amide bonds. The summed E-state index contributed by atoms with van der Waals surface area (Å²) in [6.45, 7) is 3.62. The van der Waals surface area contributed by atoms with Gasteiger partial charge in [-0.1, -0.05) is 0 Å². The number of H-pyrrole nitrogens is 1. The number of hydrogen-bond acceptors (Lipinski definition) is 3. The van der Waals surface area contributed by atoms with E-state index in [0.717, 1.165) is 0 Å². The Balaban J connectivity index is 2.95. The number of nitrogens with one attached hydrogen (secondary N) is 2. The third kappa shape index (κ3) is 3.95. The Labute approximate surface area is 98.8 Å². The van der Waals surface area contributed by atoms with Crippen molar-refractivity contribution in [3.8, 4) is 6.07 Å². The Morgan fingerprint density at radius 1 is 1.53 bits per heavy atom. The van der Waals surface area contributed by atoms with E-state index in [1.807, 2.05) is 19.9 Å². The van der Waals surface area contributed by atoms with E-state index in [4.69, 9.17) is 5.26 Å². The number of carbonyl (C=O) groups excluding carboxylic acids is 1. The number of nitriles is 1. The second kappa shape index (κ2) is 5.66. The van der Waals surface area contributed by atoms with Crippen molar-refractivity contribution < 1.29 is 4.79 Å². The van der Waals surface area contributed by atoms with Crippen LogP contribution in [0.15, 0.2) is 28.7 Å². The van der Waals surface area contributed by atoms with Crippen LogP contribution in [0.5, 0.6) is 0 Å². The van der Waals surface area contributed by atoms with Crippen molar-refractivity contribution in [1.82, 2.24) is 10.3 Å². The van der Waals surface area contributed by atoms with Gasteiger partial charge in [-0.2, -0.15) is 5.26 Å². The number of carbonyl (C=O) groups is 1. The molecule has 0 fully saturated rings. The molecule has 0 radical (unpaired) electrons. The van der Waals surface area contributed by atoms with E-state index in [2.05, 4.69) is 10.3 Å². The molecule has 1 aromatic rings. The molecule has 5 nitrogen and oxygen atoms in total. The molecular weight excluding hydrogens is 218 g/mol. The second-order valence-corrected chi connectivity index (χ2v) is 3.78. The fourth-order valence-electron chi connectivity index (χ4n) is 1.17. The lowest BCUT2D eigenvalue weighted by atomic mass is 10.1. The van der Waals surface area contributed by atoms with Gasteiger partial charge in [0.1, 0.15) is 11.6 Å². The molecule has 0 aliphatic heterocycles. The molecule has 17 heavy (non-hydrogen) atoms. The molecule has 0 spiro atoms. The molecule has 0 aromatic carbocycles. The van der Waals surface area contributed by atoms with Gasteiger partial charge < -0.3 is 10.3 Å². The van der Waals surface area contributed by atoms with Gasteiger partial charge in [0.15, 0.2) is 0 Å². The predicted molar refractivity (Wildman–Crippen MR) is 63.9 cm³/mol. The first-order valence-corrected chi connectivity index (χ1v) is 5.14. The Morgan fingerprint density at radius 3 is 2.71 bits per heavy atom. The molecule has 0 aliphatic carbocycles. The topological polar surface area (TPSA) is 85.8 Å². The van der Waals surface area contributed by atoms with Crippen LogP contribution in [-0.4, -0.2) is 16.9 Å². The molecule has 0 bridgehead atoms. The molecule has 1 heterocycles. The quantitative estimate of drug-likeness (QED) is 0.596. The number of pyridine rings is 1. The first kappa shape index (κ1) is 12.7. The number of rotatable bonds is 3. The monoisotopic (exact) mass is 231 g/mol. The number of aromatic nitrogens is 1. The van der Waals surface area contributed by atoms with Crippen LogP contribution in [0.25, 0.3) is 6.08 Å². The average Bonchev–Trinajstić information content (AvgIpc) is 2.27. The van der Waals surface area contributed by atoms with Crippen molar-refractivity contribution in [2.24, 2.45) is 0 Å². The number of nitrogens with zero attached hydrogens (tertiary/aromatic N) is 1. The molecule has 0 unspecified atom stereocenters. The number of amides is 1. The molecule has 1 aromatic heterocycles. The Hall–Kier alpha value is -2.35. The molecule has 0 aliphatic rings. The third-order valence-corrected chi connectivity index (χ3v) is 1.90. The summed E-state index contributed by atoms with van der Waals surface area (Å²) in [6.07, 6.45) is 2.87. The summed E-state index contributed by atoms with van der Waals surface area (Å²) >= 11 is 0. The van der Waals surface area contributed by atoms with Gasteiger partial charge in [0.25, 0.3) is 5.91 Å². The largest absolute Gasteiger partial charge is 0.349 e. The predicted octanol–water partition coefficient (Wildman–Crippen LogP) is 0.806. The highest BCUT2D eigenvalue weighted by Gasteiger charge is 2.09. The fraction of sp³-hybridized carbons (Fsp3) is 0.250. The van der Waals surface area contributed by atoms with Crippen LogP contribution in [0.3, 0.4) is 0 Å². The maximum atomic E-state index is 11.6. The van der Waals surface area contributed by atoms with Gasteiger partial charge in [0, 0.05) is 18.3 Å². The van der Waals surface area contributed by atoms with E-state index < -0.39 is 5.91 Å². The minimum Gasteiger partial charge on any atom is -0.349 e. The zero-order valence-electron chi connectivity index (χ0n) is 9.65. The van der Waals surface area contributed by atoms with E-state index in [-0.39, 0.29) is 17.2 Å². The first-order chi connectivity index (χ1) is 8.02. The summed E-state index contributed by atoms with van der Waals surface area (Å²) < 4.78 is 0. The van der Waals surface area contributed by atoms with Crippen LogP contribution in [0, 0.1) is 11.3 Å². The van der Waals surface area contributed by atoms with Gasteiger partial charge >= 0.3 is 0 Å². The van der Waals surface area contributed by atoms with E-state index >= 15 is 0 Å². The lowest BCUT2D eigenvalue weighted by molar-refractivity contribution is -0.117. The van der Waals surface area contributed by atoms with Crippen LogP contribution in [-0.2, 0) is 4.79 Å². The van der Waals surface area contributed by atoms with Crippen molar-refractivity contribution in [2.45, 2.75) is 19.9 Å². The molecular formula is C12H13N3O2. The highest BCUT2D eigenvalue weighted by molar-refractivity contribution is 6.01. The molecule has 88 valence electrons. The highest BCUT2D eigenvalue weighted by Crippen LogP contribution is 2.04. The molecule has 0 saturated heterocycles. The summed E-state index contributed by atoms with van der Waals surface area (Å²) in [4.78, 5) is 24.9. The second-order valence-electron chi connectivity index (χ2n) is 3.78. The number of aromatic amines is 1. The molecule has 0 saturated carbocycles. The highest BCUT2D eigenvalue weighted by atomic mass is 16.1. The van der Waals surface area contributed by atoms with E-state index in [1.165, 1.54) is 18.3 Å². The molecule has 0 atom stereocenters. The number of hydrogen-bond donors (Lipinski definition) is 2. The van der Waals surface area contributed by atoms with Crippen LogP contribution < -0.4 is 10.9 Å². The first-order valence-electron chi connectivity index (χ1n) is 5.14. The van der Waals surface area contributed by atoms with Gasteiger partial charge in [-0.15, -0.1) is 0 Å². The zero-order valence-corrected chi connectivity index (χ0v) is 9.65. The minimum absolute atomic E-state index is 0.00532. The van der Waals surface area contributed by atoms with Crippen molar-refractivity contribution in [3.63, 3.8) is 0 Å². The Morgan fingerprint density at radius 2 is 2.24 bits per heavy atom. The lowest BCUT2D eigenvalue weighted by Gasteiger charge is -2.06. The smallest absolute Gasteiger partial charge is 0.262 e. The minimum atomic E-state index is -0.423. The summed E-state index contributed by atoms with van der Waals surface area (Å²) in [7, 11) is 0. The van der Waals surface area contributed by atoms with Gasteiger partial charge in [-0.3, -0.25) is 9.59 Å². The van der Waals surface area contributed by atoms with Gasteiger partial charge in [-0.05, 0) is 31.6 Å². The van der Waals surface area contributed by atoms with Crippen LogP contribution in [0.4, 0.5) is 0 Å². The standard InChI is InChI=1S/C12H13N3O2/c1-8(2)15-12(17)10(6-13)5-9-3-4-11(16)14-7-9/h3-5,7-8H,1-2H3,(H,14,16)(H,15,17)/b10-5-. The van der Waals surface area contributed by atoms with Crippen LogP contribution in [0.2, 0.25) is 0 Å². The van der Waals surface area contributed by atoms with Crippen LogP contribution >= 0.6 is 0 Å². The SMILES string of the molecule is CC(C)NC(=O)/C(C#N)=C\c1ccc(=O)[nH]c1. The van der Waals surface area contributed by atoms with Crippen molar-refractivity contribution in [1.29, 1.82) is 5.26 Å². The zero-order chi connectivity index (χ0) is 12.8. The normalized spacial score (nSPS) is 11.1. The Bertz CT molecular complexity index is 515. The lowest BCUT2D eigenvalue weighted by Crippen LogP contribution is -2.30. The van der Waals surface area contributed by atoms with Crippen molar-refractivity contribution in [2.75, 3.05) is 0 Å². The molecule has 5 heteroatoms.